The second-order valence-electron chi connectivity index (χ2n) is 7.66. The number of halogens is 2. The van der Waals surface area contributed by atoms with Gasteiger partial charge in [0.25, 0.3) is 0 Å². The van der Waals surface area contributed by atoms with Gasteiger partial charge < -0.3 is 4.52 Å². The molecule has 1 aromatic heterocycles. The van der Waals surface area contributed by atoms with E-state index in [2.05, 4.69) is 35.6 Å². The largest absolute Gasteiger partial charge is 0.338 e. The highest BCUT2D eigenvalue weighted by Crippen LogP contribution is 2.25. The van der Waals surface area contributed by atoms with Gasteiger partial charge >= 0.3 is 0 Å². The lowest BCUT2D eigenvalue weighted by atomic mass is 9.87. The lowest BCUT2D eigenvalue weighted by molar-refractivity contribution is 0.376. The Morgan fingerprint density at radius 3 is 2.38 bits per heavy atom. The van der Waals surface area contributed by atoms with Gasteiger partial charge in [-0.05, 0) is 28.7 Å². The van der Waals surface area contributed by atoms with Crippen molar-refractivity contribution in [3.8, 4) is 11.4 Å². The van der Waals surface area contributed by atoms with Crippen LogP contribution < -0.4 is 4.72 Å². The van der Waals surface area contributed by atoms with Gasteiger partial charge in [-0.2, -0.15) is 4.98 Å². The highest BCUT2D eigenvalue weighted by atomic mass is 35.5. The normalized spacial score (nSPS) is 12.3. The van der Waals surface area contributed by atoms with E-state index in [4.69, 9.17) is 27.7 Å². The van der Waals surface area contributed by atoms with Crippen molar-refractivity contribution in [3.63, 3.8) is 0 Å². The van der Waals surface area contributed by atoms with Crippen molar-refractivity contribution in [3.05, 3.63) is 69.5 Å². The van der Waals surface area contributed by atoms with Crippen molar-refractivity contribution in [2.45, 2.75) is 38.5 Å². The zero-order valence-corrected chi connectivity index (χ0v) is 18.6. The Morgan fingerprint density at radius 1 is 1.07 bits per heavy atom. The molecule has 0 spiro atoms. The molecule has 0 amide bonds. The molecule has 0 saturated carbocycles. The lowest BCUT2D eigenvalue weighted by Gasteiger charge is -2.18. The summed E-state index contributed by atoms with van der Waals surface area (Å²) in [4.78, 5) is 4.26. The Morgan fingerprint density at radius 2 is 1.76 bits per heavy atom. The molecule has 3 rings (SSSR count). The highest BCUT2D eigenvalue weighted by molar-refractivity contribution is 7.88. The van der Waals surface area contributed by atoms with Gasteiger partial charge in [0, 0.05) is 15.6 Å². The minimum absolute atomic E-state index is 0.0478. The number of nitrogens with one attached hydrogen (secondary N) is 1. The summed E-state index contributed by atoms with van der Waals surface area (Å²) in [6.45, 7) is 6.30. The van der Waals surface area contributed by atoms with E-state index in [9.17, 15) is 8.42 Å². The first-order chi connectivity index (χ1) is 13.5. The topological polar surface area (TPSA) is 85.1 Å². The van der Waals surface area contributed by atoms with Gasteiger partial charge in [0.05, 0.1) is 12.3 Å². The molecule has 2 aromatic carbocycles. The van der Waals surface area contributed by atoms with Crippen molar-refractivity contribution in [2.24, 2.45) is 0 Å². The molecule has 0 unspecified atom stereocenters. The standard InChI is InChI=1S/C20H21Cl2N3O3S/c1-20(2,3)15-7-4-13(5-8-15)19-24-18(28-25-19)11-23-29(26,27)12-14-6-9-16(21)10-17(14)22/h4-10,23H,11-12H2,1-3H3. The molecule has 6 nitrogen and oxygen atoms in total. The van der Waals surface area contributed by atoms with E-state index < -0.39 is 10.0 Å². The van der Waals surface area contributed by atoms with Crippen molar-refractivity contribution < 1.29 is 12.9 Å². The Hall–Kier alpha value is -1.93. The molecule has 3 aromatic rings. The van der Waals surface area contributed by atoms with Gasteiger partial charge in [0.15, 0.2) is 0 Å². The average Bonchev–Trinajstić information content (AvgIpc) is 3.11. The van der Waals surface area contributed by atoms with Crippen LogP contribution in [0, 0.1) is 0 Å². The summed E-state index contributed by atoms with van der Waals surface area (Å²) in [7, 11) is -3.65. The minimum Gasteiger partial charge on any atom is -0.338 e. The first kappa shape index (κ1) is 21.8. The molecule has 0 aliphatic heterocycles. The number of hydrogen-bond acceptors (Lipinski definition) is 5. The fraction of sp³-hybridized carbons (Fsp3) is 0.300. The molecule has 0 bridgehead atoms. The van der Waals surface area contributed by atoms with Crippen LogP contribution in [0.1, 0.15) is 37.8 Å². The molecule has 9 heteroatoms. The van der Waals surface area contributed by atoms with Crippen LogP contribution in [0.25, 0.3) is 11.4 Å². The van der Waals surface area contributed by atoms with E-state index >= 15 is 0 Å². The fourth-order valence-electron chi connectivity index (χ4n) is 2.63. The predicted octanol–water partition coefficient (Wildman–Crippen LogP) is 4.96. The van der Waals surface area contributed by atoms with E-state index in [0.717, 1.165) is 5.56 Å². The smallest absolute Gasteiger partial charge is 0.242 e. The number of aromatic nitrogens is 2. The van der Waals surface area contributed by atoms with Crippen LogP contribution >= 0.6 is 23.2 Å². The lowest BCUT2D eigenvalue weighted by Crippen LogP contribution is -2.25. The maximum Gasteiger partial charge on any atom is 0.242 e. The fourth-order valence-corrected chi connectivity index (χ4v) is 4.29. The third kappa shape index (κ3) is 5.79. The Kier molecular flexibility index (Phi) is 6.33. The number of benzene rings is 2. The monoisotopic (exact) mass is 453 g/mol. The highest BCUT2D eigenvalue weighted by Gasteiger charge is 2.17. The Labute approximate surface area is 180 Å². The summed E-state index contributed by atoms with van der Waals surface area (Å²) in [5.74, 6) is 0.296. The summed E-state index contributed by atoms with van der Waals surface area (Å²) in [5.41, 5.74) is 2.49. The van der Waals surface area contributed by atoms with Crippen LogP contribution in [0.15, 0.2) is 47.0 Å². The summed E-state index contributed by atoms with van der Waals surface area (Å²) in [6, 6.07) is 12.5. The average molecular weight is 454 g/mol. The zero-order valence-electron chi connectivity index (χ0n) is 16.2. The molecule has 154 valence electrons. The molecular weight excluding hydrogens is 433 g/mol. The van der Waals surface area contributed by atoms with Gasteiger partial charge in [0.1, 0.15) is 0 Å². The molecule has 0 saturated heterocycles. The van der Waals surface area contributed by atoms with E-state index in [1.54, 1.807) is 12.1 Å². The van der Waals surface area contributed by atoms with Gasteiger partial charge in [-0.25, -0.2) is 13.1 Å². The minimum atomic E-state index is -3.65. The first-order valence-corrected chi connectivity index (χ1v) is 11.3. The Bertz CT molecular complexity index is 1100. The van der Waals surface area contributed by atoms with E-state index in [-0.39, 0.29) is 23.6 Å². The predicted molar refractivity (Wildman–Crippen MR) is 114 cm³/mol. The van der Waals surface area contributed by atoms with Crippen LogP contribution in [0.5, 0.6) is 0 Å². The molecule has 29 heavy (non-hydrogen) atoms. The summed E-state index contributed by atoms with van der Waals surface area (Å²) in [6.07, 6.45) is 0. The second-order valence-corrected chi connectivity index (χ2v) is 10.3. The van der Waals surface area contributed by atoms with Gasteiger partial charge in [-0.1, -0.05) is 79.5 Å². The number of nitrogens with zero attached hydrogens (tertiary/aromatic N) is 2. The number of sulfonamides is 1. The molecular formula is C20H21Cl2N3O3S. The van der Waals surface area contributed by atoms with Gasteiger partial charge in [0.2, 0.25) is 21.7 Å². The second kappa shape index (κ2) is 8.44. The first-order valence-electron chi connectivity index (χ1n) is 8.88. The van der Waals surface area contributed by atoms with Crippen molar-refractivity contribution in [2.75, 3.05) is 0 Å². The maximum absolute atomic E-state index is 12.3. The summed E-state index contributed by atoms with van der Waals surface area (Å²) >= 11 is 11.9. The Balaban J connectivity index is 1.65. The van der Waals surface area contributed by atoms with Crippen molar-refractivity contribution >= 4 is 33.2 Å². The van der Waals surface area contributed by atoms with Crippen molar-refractivity contribution in [1.82, 2.24) is 14.9 Å². The zero-order chi connectivity index (χ0) is 21.2. The third-order valence-corrected chi connectivity index (χ3v) is 6.14. The molecule has 0 aliphatic carbocycles. The number of rotatable bonds is 6. The van der Waals surface area contributed by atoms with Crippen LogP contribution in [0.3, 0.4) is 0 Å². The third-order valence-electron chi connectivity index (χ3n) is 4.28. The molecule has 0 atom stereocenters. The molecule has 1 N–H and O–H groups in total. The van der Waals surface area contributed by atoms with E-state index in [0.29, 0.717) is 21.4 Å². The van der Waals surface area contributed by atoms with Gasteiger partial charge in [-0.15, -0.1) is 0 Å². The van der Waals surface area contributed by atoms with E-state index in [1.807, 2.05) is 24.3 Å². The maximum atomic E-state index is 12.3. The van der Waals surface area contributed by atoms with Crippen LogP contribution in [-0.2, 0) is 27.7 Å². The van der Waals surface area contributed by atoms with Gasteiger partial charge in [-0.3, -0.25) is 0 Å². The molecule has 1 heterocycles. The number of hydrogen-bond donors (Lipinski definition) is 1. The molecule has 0 radical (unpaired) electrons. The van der Waals surface area contributed by atoms with E-state index in [1.165, 1.54) is 11.6 Å². The van der Waals surface area contributed by atoms with Crippen LogP contribution in [0.2, 0.25) is 10.0 Å². The molecule has 0 fully saturated rings. The summed E-state index contributed by atoms with van der Waals surface area (Å²) in [5, 5.41) is 4.67. The quantitative estimate of drug-likeness (QED) is 0.569. The van der Waals surface area contributed by atoms with Crippen LogP contribution in [0.4, 0.5) is 0 Å². The van der Waals surface area contributed by atoms with Crippen LogP contribution in [-0.4, -0.2) is 18.6 Å². The SMILES string of the molecule is CC(C)(C)c1ccc(-c2noc(CNS(=O)(=O)Cc3ccc(Cl)cc3Cl)n2)cc1. The summed E-state index contributed by atoms with van der Waals surface area (Å²) < 4.78 is 32.3. The molecule has 0 aliphatic rings. The van der Waals surface area contributed by atoms with Crippen molar-refractivity contribution in [1.29, 1.82) is 0 Å².